The van der Waals surface area contributed by atoms with E-state index in [9.17, 15) is 0 Å². The number of nitrogens with one attached hydrogen (secondary N) is 2. The second-order valence-electron chi connectivity index (χ2n) is 7.16. The first-order valence-corrected chi connectivity index (χ1v) is 9.67. The Morgan fingerprint density at radius 3 is 2.70 bits per heavy atom. The van der Waals surface area contributed by atoms with E-state index in [2.05, 4.69) is 41.3 Å². The van der Waals surface area contributed by atoms with Gasteiger partial charge < -0.3 is 15.5 Å². The Morgan fingerprint density at radius 1 is 1.13 bits per heavy atom. The van der Waals surface area contributed by atoms with Crippen LogP contribution in [-0.4, -0.2) is 74.7 Å². The highest BCUT2D eigenvalue weighted by Crippen LogP contribution is 2.18. The van der Waals surface area contributed by atoms with Crippen molar-refractivity contribution >= 4 is 5.96 Å². The minimum Gasteiger partial charge on any atom is -0.357 e. The molecule has 5 heteroatoms. The molecule has 2 heterocycles. The average molecular weight is 324 g/mol. The monoisotopic (exact) mass is 323 g/mol. The summed E-state index contributed by atoms with van der Waals surface area (Å²) in [4.78, 5) is 9.86. The molecule has 0 bridgehead atoms. The highest BCUT2D eigenvalue weighted by Gasteiger charge is 2.20. The lowest BCUT2D eigenvalue weighted by Gasteiger charge is -2.35. The van der Waals surface area contributed by atoms with Crippen molar-refractivity contribution < 1.29 is 0 Å². The van der Waals surface area contributed by atoms with Crippen LogP contribution >= 0.6 is 0 Å². The molecule has 2 saturated heterocycles. The fraction of sp³-hybridized carbons (Fsp3) is 0.944. The van der Waals surface area contributed by atoms with Gasteiger partial charge in [-0.25, -0.2) is 0 Å². The Kier molecular flexibility index (Phi) is 8.17. The van der Waals surface area contributed by atoms with E-state index in [4.69, 9.17) is 4.99 Å². The van der Waals surface area contributed by atoms with Crippen LogP contribution in [0.2, 0.25) is 0 Å². The summed E-state index contributed by atoms with van der Waals surface area (Å²) in [6.45, 7) is 12.1. The summed E-state index contributed by atoms with van der Waals surface area (Å²) in [5.74, 6) is 1.72. The minimum absolute atomic E-state index is 0.724. The Hall–Kier alpha value is -0.810. The van der Waals surface area contributed by atoms with Crippen LogP contribution in [0, 0.1) is 5.92 Å². The first kappa shape index (κ1) is 18.5. The van der Waals surface area contributed by atoms with Crippen molar-refractivity contribution in [1.29, 1.82) is 0 Å². The van der Waals surface area contributed by atoms with E-state index in [0.29, 0.717) is 0 Å². The highest BCUT2D eigenvalue weighted by atomic mass is 15.2. The molecule has 23 heavy (non-hydrogen) atoms. The minimum atomic E-state index is 0.724. The van der Waals surface area contributed by atoms with Gasteiger partial charge in [-0.15, -0.1) is 0 Å². The van der Waals surface area contributed by atoms with Crippen LogP contribution < -0.4 is 10.6 Å². The molecule has 0 aliphatic carbocycles. The second kappa shape index (κ2) is 10.1. The zero-order valence-electron chi connectivity index (χ0n) is 15.5. The van der Waals surface area contributed by atoms with E-state index in [0.717, 1.165) is 44.1 Å². The second-order valence-corrected chi connectivity index (χ2v) is 7.16. The molecule has 2 N–H and O–H groups in total. The van der Waals surface area contributed by atoms with E-state index >= 15 is 0 Å². The molecule has 134 valence electrons. The van der Waals surface area contributed by atoms with Crippen LogP contribution in [0.4, 0.5) is 0 Å². The van der Waals surface area contributed by atoms with E-state index in [1.807, 2.05) is 0 Å². The maximum atomic E-state index is 4.80. The number of hydrogen-bond acceptors (Lipinski definition) is 3. The number of nitrogens with zero attached hydrogens (tertiary/aromatic N) is 3. The van der Waals surface area contributed by atoms with Crippen molar-refractivity contribution in [3.63, 3.8) is 0 Å². The van der Waals surface area contributed by atoms with Gasteiger partial charge in [-0.05, 0) is 58.7 Å². The maximum absolute atomic E-state index is 4.80. The fourth-order valence-electron chi connectivity index (χ4n) is 3.87. The molecule has 0 aromatic carbocycles. The van der Waals surface area contributed by atoms with Crippen LogP contribution in [0.3, 0.4) is 0 Å². The van der Waals surface area contributed by atoms with Gasteiger partial charge in [-0.2, -0.15) is 0 Å². The zero-order valence-corrected chi connectivity index (χ0v) is 15.5. The van der Waals surface area contributed by atoms with Crippen molar-refractivity contribution in [2.75, 3.05) is 52.9 Å². The van der Waals surface area contributed by atoms with Gasteiger partial charge in [0, 0.05) is 38.8 Å². The number of hydrogen-bond donors (Lipinski definition) is 2. The predicted molar refractivity (Wildman–Crippen MR) is 99.1 cm³/mol. The molecule has 0 aromatic rings. The molecule has 0 saturated carbocycles. The van der Waals surface area contributed by atoms with Crippen molar-refractivity contribution in [1.82, 2.24) is 20.4 Å². The topological polar surface area (TPSA) is 42.9 Å². The fourth-order valence-corrected chi connectivity index (χ4v) is 3.87. The van der Waals surface area contributed by atoms with E-state index in [1.54, 1.807) is 0 Å². The van der Waals surface area contributed by atoms with Gasteiger partial charge in [-0.1, -0.05) is 13.3 Å². The summed E-state index contributed by atoms with van der Waals surface area (Å²) < 4.78 is 0. The molecule has 2 aliphatic rings. The van der Waals surface area contributed by atoms with Crippen LogP contribution in [-0.2, 0) is 0 Å². The normalized spacial score (nSPS) is 27.3. The Balaban J connectivity index is 1.72. The van der Waals surface area contributed by atoms with Gasteiger partial charge in [0.05, 0.1) is 0 Å². The van der Waals surface area contributed by atoms with E-state index < -0.39 is 0 Å². The molecule has 2 fully saturated rings. The molecule has 0 amide bonds. The van der Waals surface area contributed by atoms with Gasteiger partial charge in [0.15, 0.2) is 5.96 Å². The molecule has 0 aromatic heterocycles. The summed E-state index contributed by atoms with van der Waals surface area (Å²) in [6.07, 6.45) is 6.71. The third-order valence-electron chi connectivity index (χ3n) is 5.25. The average Bonchev–Trinajstić information content (AvgIpc) is 2.98. The summed E-state index contributed by atoms with van der Waals surface area (Å²) in [6, 6.07) is 0.791. The number of likely N-dealkylation sites (tertiary alicyclic amines) is 2. The van der Waals surface area contributed by atoms with Crippen molar-refractivity contribution in [3.05, 3.63) is 0 Å². The smallest absolute Gasteiger partial charge is 0.191 e. The summed E-state index contributed by atoms with van der Waals surface area (Å²) in [5.41, 5.74) is 0. The molecular weight excluding hydrogens is 286 g/mol. The van der Waals surface area contributed by atoms with Crippen LogP contribution in [0.25, 0.3) is 0 Å². The zero-order chi connectivity index (χ0) is 16.5. The lowest BCUT2D eigenvalue weighted by molar-refractivity contribution is 0.147. The number of guanidine groups is 1. The van der Waals surface area contributed by atoms with Gasteiger partial charge in [0.2, 0.25) is 0 Å². The van der Waals surface area contributed by atoms with Gasteiger partial charge in [-0.3, -0.25) is 9.89 Å². The Morgan fingerprint density at radius 2 is 2.00 bits per heavy atom. The lowest BCUT2D eigenvalue weighted by Crippen LogP contribution is -2.46. The van der Waals surface area contributed by atoms with Gasteiger partial charge >= 0.3 is 0 Å². The lowest BCUT2D eigenvalue weighted by atomic mass is 10.0. The van der Waals surface area contributed by atoms with Crippen molar-refractivity contribution in [2.45, 2.75) is 52.0 Å². The number of aliphatic imine (C=N–C) groups is 1. The number of rotatable bonds is 7. The third-order valence-corrected chi connectivity index (χ3v) is 5.25. The first-order chi connectivity index (χ1) is 11.2. The van der Waals surface area contributed by atoms with Crippen molar-refractivity contribution in [3.8, 4) is 0 Å². The largest absolute Gasteiger partial charge is 0.357 e. The summed E-state index contributed by atoms with van der Waals surface area (Å²) in [5, 5.41) is 6.92. The standard InChI is InChI=1S/C18H37N5/c1-4-17-8-6-7-11-23(17)13-10-20-18(19-5-2)21-14-16-9-12-22(3)15-16/h16-17H,4-15H2,1-3H3,(H2,19,20,21). The summed E-state index contributed by atoms with van der Waals surface area (Å²) >= 11 is 0. The number of piperidine rings is 1. The maximum Gasteiger partial charge on any atom is 0.191 e. The molecule has 5 nitrogen and oxygen atoms in total. The van der Waals surface area contributed by atoms with Crippen LogP contribution in [0.15, 0.2) is 4.99 Å². The Labute approximate surface area is 142 Å². The molecule has 2 rings (SSSR count). The first-order valence-electron chi connectivity index (χ1n) is 9.67. The highest BCUT2D eigenvalue weighted by molar-refractivity contribution is 5.79. The molecule has 2 atom stereocenters. The quantitative estimate of drug-likeness (QED) is 0.553. The summed E-state index contributed by atoms with van der Waals surface area (Å²) in [7, 11) is 2.20. The van der Waals surface area contributed by atoms with Crippen molar-refractivity contribution in [2.24, 2.45) is 10.9 Å². The van der Waals surface area contributed by atoms with E-state index in [1.165, 1.54) is 51.7 Å². The van der Waals surface area contributed by atoms with Gasteiger partial charge in [0.25, 0.3) is 0 Å². The third kappa shape index (κ3) is 6.30. The van der Waals surface area contributed by atoms with Crippen LogP contribution in [0.5, 0.6) is 0 Å². The van der Waals surface area contributed by atoms with Crippen LogP contribution in [0.1, 0.15) is 46.0 Å². The SMILES string of the molecule is CCNC(=NCC1CCN(C)C1)NCCN1CCCCC1CC. The molecule has 0 spiro atoms. The van der Waals surface area contributed by atoms with Gasteiger partial charge in [0.1, 0.15) is 0 Å². The van der Waals surface area contributed by atoms with E-state index in [-0.39, 0.29) is 0 Å². The molecule has 0 radical (unpaired) electrons. The molecule has 2 unspecified atom stereocenters. The molecular formula is C18H37N5. The Bertz CT molecular complexity index is 357. The predicted octanol–water partition coefficient (Wildman–Crippen LogP) is 1.76. The molecule has 2 aliphatic heterocycles.